The van der Waals surface area contributed by atoms with Crippen molar-refractivity contribution in [2.75, 3.05) is 12.3 Å². The summed E-state index contributed by atoms with van der Waals surface area (Å²) in [6.07, 6.45) is 6.87. The molecule has 1 amide bonds. The number of carbonyl (C=O) groups is 1. The van der Waals surface area contributed by atoms with Crippen LogP contribution >= 0.6 is 23.5 Å². The van der Waals surface area contributed by atoms with Crippen molar-refractivity contribution in [1.29, 1.82) is 0 Å². The molecule has 7 nitrogen and oxygen atoms in total. The normalized spacial score (nSPS) is 17.7. The molecule has 0 N–H and O–H groups in total. The van der Waals surface area contributed by atoms with E-state index in [1.54, 1.807) is 18.5 Å². The highest BCUT2D eigenvalue weighted by molar-refractivity contribution is 7.99. The maximum Gasteiger partial charge on any atom is 0.233 e. The number of thioether (sulfide) groups is 2. The van der Waals surface area contributed by atoms with Crippen LogP contribution in [-0.4, -0.2) is 53.9 Å². The van der Waals surface area contributed by atoms with Gasteiger partial charge >= 0.3 is 0 Å². The van der Waals surface area contributed by atoms with Crippen LogP contribution in [0.25, 0.3) is 0 Å². The van der Waals surface area contributed by atoms with Crippen LogP contribution in [0, 0.1) is 0 Å². The molecule has 1 atom stereocenters. The van der Waals surface area contributed by atoms with E-state index in [2.05, 4.69) is 27.1 Å². The van der Waals surface area contributed by atoms with Crippen molar-refractivity contribution in [3.63, 3.8) is 0 Å². The highest BCUT2D eigenvalue weighted by Gasteiger charge is 2.23. The summed E-state index contributed by atoms with van der Waals surface area (Å²) in [5.74, 6) is 2.09. The van der Waals surface area contributed by atoms with E-state index in [1.807, 2.05) is 16.5 Å². The van der Waals surface area contributed by atoms with Crippen LogP contribution in [0.1, 0.15) is 32.0 Å². The lowest BCUT2D eigenvalue weighted by Crippen LogP contribution is -2.42. The van der Waals surface area contributed by atoms with Crippen molar-refractivity contribution in [2.45, 2.75) is 48.3 Å². The second kappa shape index (κ2) is 8.66. The molecule has 0 bridgehead atoms. The molecule has 2 aromatic heterocycles. The van der Waals surface area contributed by atoms with E-state index >= 15 is 0 Å². The summed E-state index contributed by atoms with van der Waals surface area (Å²) >= 11 is 2.97. The van der Waals surface area contributed by atoms with Gasteiger partial charge in [-0.3, -0.25) is 4.79 Å². The topological polar surface area (TPSA) is 76.8 Å². The Hall–Kier alpha value is -1.61. The van der Waals surface area contributed by atoms with Gasteiger partial charge in [0.2, 0.25) is 5.91 Å². The first-order valence-corrected chi connectivity index (χ1v) is 10.3. The molecule has 1 aliphatic heterocycles. The van der Waals surface area contributed by atoms with E-state index in [-0.39, 0.29) is 5.91 Å². The predicted molar refractivity (Wildman–Crippen MR) is 98.3 cm³/mol. The minimum absolute atomic E-state index is 0.189. The Bertz CT molecular complexity index is 708. The fourth-order valence-electron chi connectivity index (χ4n) is 2.76. The number of hydrogen-bond acceptors (Lipinski definition) is 7. The summed E-state index contributed by atoms with van der Waals surface area (Å²) in [6, 6.07) is 2.14. The van der Waals surface area contributed by atoms with Crippen LogP contribution in [0.15, 0.2) is 28.8 Å². The van der Waals surface area contributed by atoms with Crippen LogP contribution in [0.3, 0.4) is 0 Å². The maximum absolute atomic E-state index is 12.4. The van der Waals surface area contributed by atoms with Crippen LogP contribution < -0.4 is 0 Å². The molecular weight excluding hydrogens is 356 g/mol. The lowest BCUT2D eigenvalue weighted by atomic mass is 10.0. The van der Waals surface area contributed by atoms with Gasteiger partial charge in [0.15, 0.2) is 10.3 Å². The molecule has 0 aromatic carbocycles. The fraction of sp³-hybridized carbons (Fsp3) is 0.562. The molecule has 0 unspecified atom stereocenters. The molecule has 0 aliphatic carbocycles. The van der Waals surface area contributed by atoms with Gasteiger partial charge in [-0.25, -0.2) is 9.97 Å². The van der Waals surface area contributed by atoms with Gasteiger partial charge in [-0.15, -0.1) is 10.2 Å². The molecule has 1 fully saturated rings. The Morgan fingerprint density at radius 1 is 1.24 bits per heavy atom. The Labute approximate surface area is 156 Å². The number of amides is 1. The molecule has 134 valence electrons. The van der Waals surface area contributed by atoms with Gasteiger partial charge < -0.3 is 9.47 Å². The molecule has 25 heavy (non-hydrogen) atoms. The van der Waals surface area contributed by atoms with Crippen LogP contribution in [0.2, 0.25) is 0 Å². The smallest absolute Gasteiger partial charge is 0.233 e. The minimum atomic E-state index is 0.189. The zero-order chi connectivity index (χ0) is 17.6. The van der Waals surface area contributed by atoms with Crippen LogP contribution in [0.4, 0.5) is 0 Å². The number of nitrogens with zero attached hydrogens (tertiary/aromatic N) is 6. The van der Waals surface area contributed by atoms with Crippen molar-refractivity contribution in [1.82, 2.24) is 29.6 Å². The zero-order valence-corrected chi connectivity index (χ0v) is 16.1. The van der Waals surface area contributed by atoms with Gasteiger partial charge in [0.05, 0.1) is 11.5 Å². The molecule has 2 aromatic rings. The summed E-state index contributed by atoms with van der Waals surface area (Å²) in [5.41, 5.74) is 0. The fourth-order valence-corrected chi connectivity index (χ4v) is 4.36. The summed E-state index contributed by atoms with van der Waals surface area (Å²) in [7, 11) is 1.93. The highest BCUT2D eigenvalue weighted by atomic mass is 32.2. The lowest BCUT2D eigenvalue weighted by Gasteiger charge is -2.33. The third-order valence-corrected chi connectivity index (χ3v) is 6.12. The first-order valence-electron chi connectivity index (χ1n) is 8.35. The number of likely N-dealkylation sites (tertiary alicyclic amines) is 1. The van der Waals surface area contributed by atoms with Gasteiger partial charge in [0.1, 0.15) is 5.82 Å². The second-order valence-corrected chi connectivity index (χ2v) is 7.88. The first-order chi connectivity index (χ1) is 12.1. The molecule has 3 rings (SSSR count). The van der Waals surface area contributed by atoms with Crippen LogP contribution in [-0.2, 0) is 17.6 Å². The van der Waals surface area contributed by atoms with Crippen molar-refractivity contribution in [3.05, 3.63) is 24.3 Å². The average Bonchev–Trinajstić information content (AvgIpc) is 2.99. The summed E-state index contributed by atoms with van der Waals surface area (Å²) < 4.78 is 1.94. The largest absolute Gasteiger partial charge is 0.339 e. The molecule has 1 saturated heterocycles. The SMILES string of the molecule is C[C@H]1CCCCN1C(=O)CSc1nnc(CSc2ncccn2)n1C. The van der Waals surface area contributed by atoms with E-state index < -0.39 is 0 Å². The van der Waals surface area contributed by atoms with Gasteiger partial charge in [-0.1, -0.05) is 23.5 Å². The Balaban J connectivity index is 1.53. The molecule has 1 aliphatic rings. The van der Waals surface area contributed by atoms with Gasteiger partial charge in [0.25, 0.3) is 0 Å². The van der Waals surface area contributed by atoms with E-state index in [9.17, 15) is 4.79 Å². The molecular formula is C16H22N6OS2. The maximum atomic E-state index is 12.4. The molecule has 3 heterocycles. The summed E-state index contributed by atoms with van der Waals surface area (Å²) in [4.78, 5) is 22.8. The quantitative estimate of drug-likeness (QED) is 0.564. The van der Waals surface area contributed by atoms with Crippen molar-refractivity contribution in [2.24, 2.45) is 7.05 Å². The van der Waals surface area contributed by atoms with Gasteiger partial charge in [-0.2, -0.15) is 0 Å². The molecule has 9 heteroatoms. The van der Waals surface area contributed by atoms with Crippen molar-refractivity contribution >= 4 is 29.4 Å². The number of rotatable bonds is 6. The van der Waals surface area contributed by atoms with E-state index in [4.69, 9.17) is 0 Å². The number of carbonyl (C=O) groups excluding carboxylic acids is 1. The summed E-state index contributed by atoms with van der Waals surface area (Å²) in [5, 5.41) is 9.93. The van der Waals surface area contributed by atoms with E-state index in [0.29, 0.717) is 22.7 Å². The second-order valence-electron chi connectivity index (χ2n) is 6.00. The highest BCUT2D eigenvalue weighted by Crippen LogP contribution is 2.23. The Kier molecular flexibility index (Phi) is 6.30. The third kappa shape index (κ3) is 4.72. The zero-order valence-electron chi connectivity index (χ0n) is 14.5. The van der Waals surface area contributed by atoms with E-state index in [0.717, 1.165) is 30.4 Å². The molecule has 0 radical (unpaired) electrons. The number of piperidine rings is 1. The molecule has 0 spiro atoms. The molecule has 0 saturated carbocycles. The van der Waals surface area contributed by atoms with E-state index in [1.165, 1.54) is 29.9 Å². The predicted octanol–water partition coefficient (Wildman–Crippen LogP) is 2.39. The third-order valence-electron chi connectivity index (χ3n) is 4.25. The standard InChI is InChI=1S/C16H22N6OS2/c1-12-6-3-4-9-22(12)14(23)11-25-16-20-19-13(21(16)2)10-24-15-17-7-5-8-18-15/h5,7-8,12H,3-4,6,9-11H2,1-2H3/t12-/m0/s1. The van der Waals surface area contributed by atoms with Crippen molar-refractivity contribution in [3.8, 4) is 0 Å². The Morgan fingerprint density at radius 2 is 2.04 bits per heavy atom. The average molecular weight is 379 g/mol. The summed E-state index contributed by atoms with van der Waals surface area (Å²) in [6.45, 7) is 3.00. The number of aromatic nitrogens is 5. The van der Waals surface area contributed by atoms with Crippen LogP contribution in [0.5, 0.6) is 0 Å². The minimum Gasteiger partial charge on any atom is -0.339 e. The van der Waals surface area contributed by atoms with Gasteiger partial charge in [0, 0.05) is 32.0 Å². The Morgan fingerprint density at radius 3 is 2.80 bits per heavy atom. The van der Waals surface area contributed by atoms with Crippen molar-refractivity contribution < 1.29 is 4.79 Å². The lowest BCUT2D eigenvalue weighted by molar-refractivity contribution is -0.131. The first kappa shape index (κ1) is 18.2. The monoisotopic (exact) mass is 378 g/mol. The number of hydrogen-bond donors (Lipinski definition) is 0. The van der Waals surface area contributed by atoms with Gasteiger partial charge in [-0.05, 0) is 32.3 Å².